The summed E-state index contributed by atoms with van der Waals surface area (Å²) in [4.78, 5) is 8.35. The van der Waals surface area contributed by atoms with Crippen molar-refractivity contribution in [2.45, 2.75) is 32.4 Å². The van der Waals surface area contributed by atoms with E-state index in [2.05, 4.69) is 28.7 Å². The molecule has 0 saturated carbocycles. The van der Waals surface area contributed by atoms with Gasteiger partial charge >= 0.3 is 6.01 Å². The number of halogens is 1. The maximum atomic E-state index is 12.7. The summed E-state index contributed by atoms with van der Waals surface area (Å²) in [5.41, 5.74) is 3.11. The lowest BCUT2D eigenvalue weighted by molar-refractivity contribution is 0.333. The molecule has 24 heavy (non-hydrogen) atoms. The molecule has 2 rings (SSSR count). The second kappa shape index (κ2) is 9.60. The predicted molar refractivity (Wildman–Crippen MR) is 96.6 cm³/mol. The van der Waals surface area contributed by atoms with Crippen molar-refractivity contribution in [3.63, 3.8) is 0 Å². The zero-order valence-electron chi connectivity index (χ0n) is 14.0. The Labute approximate surface area is 142 Å². The van der Waals surface area contributed by atoms with Crippen molar-refractivity contribution in [3.05, 3.63) is 61.0 Å². The SMILES string of the molecule is C=CCOc1ncc(-c2ccc(/C=C/CCCC(C)F)cc2)cn1. The molecular weight excluding hydrogens is 303 g/mol. The highest BCUT2D eigenvalue weighted by Gasteiger charge is 2.01. The van der Waals surface area contributed by atoms with Crippen LogP contribution in [0.25, 0.3) is 17.2 Å². The number of nitrogens with zero attached hydrogens (tertiary/aromatic N) is 2. The molecule has 126 valence electrons. The minimum Gasteiger partial charge on any atom is -0.459 e. The minimum atomic E-state index is -0.714. The van der Waals surface area contributed by atoms with Crippen molar-refractivity contribution >= 4 is 6.08 Å². The Morgan fingerprint density at radius 2 is 1.88 bits per heavy atom. The van der Waals surface area contributed by atoms with Gasteiger partial charge in [-0.2, -0.15) is 0 Å². The van der Waals surface area contributed by atoms with E-state index >= 15 is 0 Å². The molecule has 1 unspecified atom stereocenters. The Balaban J connectivity index is 1.91. The first kappa shape index (κ1) is 17.9. The van der Waals surface area contributed by atoms with E-state index in [0.29, 0.717) is 19.0 Å². The molecule has 0 N–H and O–H groups in total. The summed E-state index contributed by atoms with van der Waals surface area (Å²) in [6.07, 6.45) is 11.0. The van der Waals surface area contributed by atoms with Gasteiger partial charge in [-0.3, -0.25) is 0 Å². The number of allylic oxidation sites excluding steroid dienone is 1. The highest BCUT2D eigenvalue weighted by molar-refractivity contribution is 5.64. The van der Waals surface area contributed by atoms with Gasteiger partial charge in [0, 0.05) is 18.0 Å². The summed E-state index contributed by atoms with van der Waals surface area (Å²) >= 11 is 0. The van der Waals surface area contributed by atoms with E-state index in [0.717, 1.165) is 29.5 Å². The summed E-state index contributed by atoms with van der Waals surface area (Å²) in [7, 11) is 0. The van der Waals surface area contributed by atoms with Crippen LogP contribution in [0.3, 0.4) is 0 Å². The smallest absolute Gasteiger partial charge is 0.316 e. The van der Waals surface area contributed by atoms with E-state index in [-0.39, 0.29) is 0 Å². The first-order valence-electron chi connectivity index (χ1n) is 8.16. The van der Waals surface area contributed by atoms with Gasteiger partial charge in [-0.05, 0) is 37.3 Å². The highest BCUT2D eigenvalue weighted by Crippen LogP contribution is 2.20. The first-order valence-corrected chi connectivity index (χ1v) is 8.16. The second-order valence-corrected chi connectivity index (χ2v) is 5.59. The number of hydrogen-bond acceptors (Lipinski definition) is 3. The monoisotopic (exact) mass is 326 g/mol. The molecule has 0 radical (unpaired) electrons. The van der Waals surface area contributed by atoms with Crippen LogP contribution in [0.5, 0.6) is 6.01 Å². The van der Waals surface area contributed by atoms with Crippen LogP contribution < -0.4 is 4.74 Å². The van der Waals surface area contributed by atoms with Gasteiger partial charge in [-0.25, -0.2) is 14.4 Å². The maximum Gasteiger partial charge on any atom is 0.316 e. The van der Waals surface area contributed by atoms with Crippen molar-refractivity contribution in [1.29, 1.82) is 0 Å². The Bertz CT molecular complexity index is 648. The topological polar surface area (TPSA) is 35.0 Å². The van der Waals surface area contributed by atoms with E-state index < -0.39 is 6.17 Å². The standard InChI is InChI=1S/C20H23FN2O/c1-3-13-24-20-22-14-19(15-23-20)18-11-9-17(10-12-18)8-6-4-5-7-16(2)21/h3,6,8-12,14-16H,1,4-5,7,13H2,2H3/b8-6+. The van der Waals surface area contributed by atoms with Gasteiger partial charge in [0.2, 0.25) is 0 Å². The number of unbranched alkanes of at least 4 members (excludes halogenated alkanes) is 1. The Morgan fingerprint density at radius 1 is 1.17 bits per heavy atom. The molecule has 0 spiro atoms. The third-order valence-electron chi connectivity index (χ3n) is 3.49. The van der Waals surface area contributed by atoms with Crippen molar-refractivity contribution in [3.8, 4) is 17.1 Å². The fourth-order valence-corrected chi connectivity index (χ4v) is 2.20. The van der Waals surface area contributed by atoms with E-state index in [9.17, 15) is 4.39 Å². The van der Waals surface area contributed by atoms with Gasteiger partial charge in [0.25, 0.3) is 0 Å². The average Bonchev–Trinajstić information content (AvgIpc) is 2.60. The molecule has 3 nitrogen and oxygen atoms in total. The summed E-state index contributed by atoms with van der Waals surface area (Å²) in [5.74, 6) is 0. The van der Waals surface area contributed by atoms with E-state index in [1.807, 2.05) is 24.3 Å². The molecule has 1 atom stereocenters. The molecular formula is C20H23FN2O. The zero-order chi connectivity index (χ0) is 17.2. The second-order valence-electron chi connectivity index (χ2n) is 5.59. The van der Waals surface area contributed by atoms with Crippen LogP contribution in [-0.4, -0.2) is 22.7 Å². The van der Waals surface area contributed by atoms with Crippen LogP contribution in [0.2, 0.25) is 0 Å². The van der Waals surface area contributed by atoms with Gasteiger partial charge in [0.15, 0.2) is 0 Å². The normalized spacial score (nSPS) is 12.2. The molecule has 1 aromatic heterocycles. The van der Waals surface area contributed by atoms with E-state index in [1.54, 1.807) is 25.4 Å². The molecule has 0 amide bonds. The Kier molecular flexibility index (Phi) is 7.15. The molecule has 0 saturated heterocycles. The number of ether oxygens (including phenoxy) is 1. The lowest BCUT2D eigenvalue weighted by Crippen LogP contribution is -1.97. The van der Waals surface area contributed by atoms with Gasteiger partial charge in [0.1, 0.15) is 6.61 Å². The average molecular weight is 326 g/mol. The van der Waals surface area contributed by atoms with Crippen LogP contribution in [0.15, 0.2) is 55.4 Å². The maximum absolute atomic E-state index is 12.7. The molecule has 0 bridgehead atoms. The summed E-state index contributed by atoms with van der Waals surface area (Å²) in [6, 6.07) is 8.51. The van der Waals surface area contributed by atoms with Crippen LogP contribution in [-0.2, 0) is 0 Å². The third kappa shape index (κ3) is 5.95. The quantitative estimate of drug-likeness (QED) is 0.466. The van der Waals surface area contributed by atoms with Gasteiger partial charge in [0.05, 0.1) is 6.17 Å². The van der Waals surface area contributed by atoms with Crippen LogP contribution in [0.1, 0.15) is 31.7 Å². The molecule has 1 aromatic carbocycles. The Hall–Kier alpha value is -2.49. The van der Waals surface area contributed by atoms with Crippen LogP contribution in [0.4, 0.5) is 4.39 Å². The fraction of sp³-hybridized carbons (Fsp3) is 0.300. The van der Waals surface area contributed by atoms with E-state index in [1.165, 1.54) is 0 Å². The summed E-state index contributed by atoms with van der Waals surface area (Å²) < 4.78 is 18.0. The zero-order valence-corrected chi connectivity index (χ0v) is 14.0. The van der Waals surface area contributed by atoms with E-state index in [4.69, 9.17) is 4.74 Å². The molecule has 0 aliphatic carbocycles. The Morgan fingerprint density at radius 3 is 2.50 bits per heavy atom. The predicted octanol–water partition coefficient (Wildman–Crippen LogP) is 5.25. The number of alkyl halides is 1. The largest absolute Gasteiger partial charge is 0.459 e. The van der Waals surface area contributed by atoms with Gasteiger partial charge in [-0.1, -0.05) is 49.1 Å². The van der Waals surface area contributed by atoms with Gasteiger partial charge < -0.3 is 4.74 Å². The third-order valence-corrected chi connectivity index (χ3v) is 3.49. The van der Waals surface area contributed by atoms with Crippen molar-refractivity contribution in [2.24, 2.45) is 0 Å². The number of aromatic nitrogens is 2. The van der Waals surface area contributed by atoms with Crippen molar-refractivity contribution < 1.29 is 9.13 Å². The van der Waals surface area contributed by atoms with Crippen LogP contribution >= 0.6 is 0 Å². The number of rotatable bonds is 9. The lowest BCUT2D eigenvalue weighted by atomic mass is 10.1. The first-order chi connectivity index (χ1) is 11.7. The summed E-state index contributed by atoms with van der Waals surface area (Å²) in [5, 5.41) is 0. The molecule has 0 aliphatic rings. The van der Waals surface area contributed by atoms with Crippen molar-refractivity contribution in [2.75, 3.05) is 6.61 Å². The molecule has 4 heteroatoms. The molecule has 2 aromatic rings. The minimum absolute atomic E-state index is 0.348. The molecule has 0 aliphatic heterocycles. The summed E-state index contributed by atoms with van der Waals surface area (Å²) in [6.45, 7) is 5.58. The molecule has 1 heterocycles. The number of hydrogen-bond donors (Lipinski definition) is 0. The lowest BCUT2D eigenvalue weighted by Gasteiger charge is -2.04. The van der Waals surface area contributed by atoms with Gasteiger partial charge in [-0.15, -0.1) is 0 Å². The molecule has 0 fully saturated rings. The van der Waals surface area contributed by atoms with Crippen LogP contribution in [0, 0.1) is 0 Å². The number of benzene rings is 1. The highest BCUT2D eigenvalue weighted by atomic mass is 19.1. The fourth-order valence-electron chi connectivity index (χ4n) is 2.20. The van der Waals surface area contributed by atoms with Crippen molar-refractivity contribution in [1.82, 2.24) is 9.97 Å².